The van der Waals surface area contributed by atoms with Crippen LogP contribution < -0.4 is 10.3 Å². The lowest BCUT2D eigenvalue weighted by molar-refractivity contribution is -0.138. The molecule has 1 aliphatic carbocycles. The van der Waals surface area contributed by atoms with E-state index in [1.807, 2.05) is 6.07 Å². The van der Waals surface area contributed by atoms with E-state index in [1.165, 1.54) is 10.6 Å². The Hall–Kier alpha value is -3.62. The van der Waals surface area contributed by atoms with Gasteiger partial charge in [0.25, 0.3) is 5.56 Å². The summed E-state index contributed by atoms with van der Waals surface area (Å²) in [6.07, 6.45) is 0.195. The highest BCUT2D eigenvalue weighted by Gasteiger charge is 2.29. The molecule has 0 saturated heterocycles. The molecule has 1 atom stereocenters. The van der Waals surface area contributed by atoms with Crippen molar-refractivity contribution in [3.05, 3.63) is 51.6 Å². The third kappa shape index (κ3) is 2.25. The Balaban J connectivity index is 1.92. The summed E-state index contributed by atoms with van der Waals surface area (Å²) < 4.78 is 6.03. The molecule has 0 fully saturated rings. The summed E-state index contributed by atoms with van der Waals surface area (Å²) in [5.41, 5.74) is 3.01. The second kappa shape index (κ2) is 5.45. The number of H-pyrrole nitrogens is 1. The lowest BCUT2D eigenvalue weighted by Crippen LogP contribution is -2.13. The first-order valence-corrected chi connectivity index (χ1v) is 7.76. The lowest BCUT2D eigenvalue weighted by atomic mass is 9.93. The number of fused-ring (bicyclic) bond motifs is 5. The van der Waals surface area contributed by atoms with Crippen molar-refractivity contribution >= 4 is 17.8 Å². The summed E-state index contributed by atoms with van der Waals surface area (Å²) in [5.74, 6) is -1.84. The van der Waals surface area contributed by atoms with Gasteiger partial charge < -0.3 is 19.9 Å². The number of ether oxygens (including phenoxy) is 1. The molecule has 1 aromatic carbocycles. The maximum Gasteiger partial charge on any atom is 0.512 e. The minimum Gasteiger partial charge on any atom is -0.481 e. The molecule has 0 bridgehead atoms. The summed E-state index contributed by atoms with van der Waals surface area (Å²) in [4.78, 5) is 41.1. The van der Waals surface area contributed by atoms with Crippen LogP contribution in [0.5, 0.6) is 5.88 Å². The van der Waals surface area contributed by atoms with Gasteiger partial charge >= 0.3 is 12.1 Å². The van der Waals surface area contributed by atoms with Gasteiger partial charge in [-0.1, -0.05) is 18.2 Å². The molecular formula is C17H13N3O6. The molecule has 4 rings (SSSR count). The third-order valence-corrected chi connectivity index (χ3v) is 4.56. The van der Waals surface area contributed by atoms with Crippen molar-refractivity contribution in [2.75, 3.05) is 0 Å². The number of nitrogens with zero attached hydrogens (tertiary/aromatic N) is 2. The van der Waals surface area contributed by atoms with Crippen molar-refractivity contribution < 1.29 is 24.5 Å². The summed E-state index contributed by atoms with van der Waals surface area (Å²) in [6, 6.07) is 5.32. The van der Waals surface area contributed by atoms with E-state index >= 15 is 0 Å². The number of carbonyl (C=O) groups is 2. The number of aliphatic carboxylic acids is 1. The Kier molecular flexibility index (Phi) is 3.33. The van der Waals surface area contributed by atoms with Crippen molar-refractivity contribution in [2.24, 2.45) is 0 Å². The van der Waals surface area contributed by atoms with Crippen LogP contribution in [-0.2, 0) is 11.2 Å². The van der Waals surface area contributed by atoms with Gasteiger partial charge in [-0.05, 0) is 18.1 Å². The van der Waals surface area contributed by atoms with E-state index in [2.05, 4.69) is 14.7 Å². The van der Waals surface area contributed by atoms with E-state index in [-0.39, 0.29) is 11.5 Å². The average molecular weight is 355 g/mol. The van der Waals surface area contributed by atoms with E-state index in [9.17, 15) is 19.5 Å². The highest BCUT2D eigenvalue weighted by atomic mass is 16.7. The van der Waals surface area contributed by atoms with Crippen LogP contribution in [0, 0.1) is 0 Å². The number of imidazole rings is 1. The molecule has 0 saturated carbocycles. The number of hydrogen-bond donors (Lipinski definition) is 3. The normalized spacial score (nSPS) is 13.3. The largest absolute Gasteiger partial charge is 0.512 e. The van der Waals surface area contributed by atoms with Gasteiger partial charge in [0, 0.05) is 12.0 Å². The van der Waals surface area contributed by atoms with Crippen LogP contribution in [0.25, 0.3) is 16.9 Å². The smallest absolute Gasteiger partial charge is 0.481 e. The van der Waals surface area contributed by atoms with E-state index in [0.717, 1.165) is 11.1 Å². The Morgan fingerprint density at radius 1 is 1.35 bits per heavy atom. The predicted molar refractivity (Wildman–Crippen MR) is 88.8 cm³/mol. The molecule has 1 aliphatic rings. The van der Waals surface area contributed by atoms with Crippen molar-refractivity contribution in [2.45, 2.75) is 19.3 Å². The van der Waals surface area contributed by atoms with Crippen LogP contribution in [0.15, 0.2) is 29.2 Å². The molecule has 132 valence electrons. The van der Waals surface area contributed by atoms with Gasteiger partial charge in [0.2, 0.25) is 11.5 Å². The number of carboxylic acids is 1. The van der Waals surface area contributed by atoms with Crippen molar-refractivity contribution in [3.8, 4) is 17.1 Å². The molecule has 0 amide bonds. The van der Waals surface area contributed by atoms with E-state index in [1.54, 1.807) is 19.1 Å². The summed E-state index contributed by atoms with van der Waals surface area (Å²) in [5, 5.41) is 18.1. The maximum atomic E-state index is 12.3. The Bertz CT molecular complexity index is 1140. The minimum atomic E-state index is -1.53. The fourth-order valence-corrected chi connectivity index (χ4v) is 3.36. The average Bonchev–Trinajstić information content (AvgIpc) is 3.15. The molecule has 0 aliphatic heterocycles. The lowest BCUT2D eigenvalue weighted by Gasteiger charge is -2.11. The molecule has 26 heavy (non-hydrogen) atoms. The maximum absolute atomic E-state index is 12.3. The number of benzene rings is 1. The highest BCUT2D eigenvalue weighted by molar-refractivity contribution is 5.81. The van der Waals surface area contributed by atoms with Gasteiger partial charge in [0.15, 0.2) is 0 Å². The van der Waals surface area contributed by atoms with Crippen LogP contribution in [0.1, 0.15) is 29.7 Å². The molecule has 0 spiro atoms. The van der Waals surface area contributed by atoms with Crippen LogP contribution in [0.3, 0.4) is 0 Å². The molecule has 9 heteroatoms. The van der Waals surface area contributed by atoms with Gasteiger partial charge in [0.1, 0.15) is 0 Å². The molecule has 3 aromatic rings. The molecule has 9 nitrogen and oxygen atoms in total. The van der Waals surface area contributed by atoms with Crippen molar-refractivity contribution in [1.29, 1.82) is 0 Å². The fraction of sp³-hybridized carbons (Fsp3) is 0.176. The van der Waals surface area contributed by atoms with Crippen molar-refractivity contribution in [1.82, 2.24) is 14.4 Å². The quantitative estimate of drug-likeness (QED) is 0.477. The zero-order valence-electron chi connectivity index (χ0n) is 13.5. The minimum absolute atomic E-state index is 0.0145. The van der Waals surface area contributed by atoms with E-state index in [4.69, 9.17) is 5.11 Å². The first kappa shape index (κ1) is 15.9. The standard InChI is InChI=1S/C17H13N3O6/c1-7(16(22)23)8-3-2-4-9-10(8)5-11-13(9)19-15(21)14-18-12(6-20(11)14)26-17(24)25/h2-4,6-7H,5H2,1H3,(H,19,21)(H,22,23)(H,24,25). The number of carboxylic acid groups (broad SMARTS) is 2. The molecular weight excluding hydrogens is 342 g/mol. The van der Waals surface area contributed by atoms with Gasteiger partial charge in [-0.15, -0.1) is 0 Å². The van der Waals surface area contributed by atoms with Crippen LogP contribution in [0.4, 0.5) is 4.79 Å². The first-order valence-electron chi connectivity index (χ1n) is 7.76. The monoisotopic (exact) mass is 355 g/mol. The number of aromatic nitrogens is 3. The second-order valence-electron chi connectivity index (χ2n) is 6.03. The zero-order chi connectivity index (χ0) is 18.6. The SMILES string of the molecule is CC(C(=O)O)c1cccc2c1Cc1c-2[nH]c(=O)c2nc(OC(=O)O)cn12. The van der Waals surface area contributed by atoms with Crippen LogP contribution in [0.2, 0.25) is 0 Å². The van der Waals surface area contributed by atoms with E-state index < -0.39 is 23.6 Å². The van der Waals surface area contributed by atoms with Gasteiger partial charge in [-0.2, -0.15) is 4.98 Å². The zero-order valence-corrected chi connectivity index (χ0v) is 13.5. The molecule has 3 N–H and O–H groups in total. The Morgan fingerprint density at radius 2 is 2.12 bits per heavy atom. The number of aromatic amines is 1. The van der Waals surface area contributed by atoms with Crippen LogP contribution >= 0.6 is 0 Å². The summed E-state index contributed by atoms with van der Waals surface area (Å²) in [7, 11) is 0. The highest BCUT2D eigenvalue weighted by Crippen LogP contribution is 2.39. The topological polar surface area (TPSA) is 134 Å². The predicted octanol–water partition coefficient (Wildman–Crippen LogP) is 1.84. The van der Waals surface area contributed by atoms with Crippen LogP contribution in [-0.4, -0.2) is 36.7 Å². The fourth-order valence-electron chi connectivity index (χ4n) is 3.36. The molecule has 1 unspecified atom stereocenters. The summed E-state index contributed by atoms with van der Waals surface area (Å²) in [6.45, 7) is 1.61. The number of hydrogen-bond acceptors (Lipinski definition) is 5. The van der Waals surface area contributed by atoms with Gasteiger partial charge in [-0.25, -0.2) is 4.79 Å². The number of rotatable bonds is 3. The Labute approximate surface area is 145 Å². The number of nitrogens with one attached hydrogen (secondary N) is 1. The van der Waals surface area contributed by atoms with Crippen molar-refractivity contribution in [3.63, 3.8) is 0 Å². The molecule has 2 aromatic heterocycles. The second-order valence-corrected chi connectivity index (χ2v) is 6.03. The van der Waals surface area contributed by atoms with Gasteiger partial charge in [0.05, 0.1) is 23.5 Å². The van der Waals surface area contributed by atoms with Gasteiger partial charge in [-0.3, -0.25) is 14.0 Å². The summed E-state index contributed by atoms with van der Waals surface area (Å²) >= 11 is 0. The molecule has 2 heterocycles. The third-order valence-electron chi connectivity index (χ3n) is 4.56. The Morgan fingerprint density at radius 3 is 2.81 bits per heavy atom. The van der Waals surface area contributed by atoms with E-state index in [0.29, 0.717) is 23.4 Å². The molecule has 0 radical (unpaired) electrons. The first-order chi connectivity index (χ1) is 12.4.